The smallest absolute Gasteiger partial charge is 0.214 e. The molecule has 1 aliphatic heterocycles. The molecule has 7 nitrogen and oxygen atoms in total. The molecule has 1 aromatic carbocycles. The molecular weight excluding hydrogens is 414 g/mol. The number of nitrogens with zero attached hydrogens (tertiary/aromatic N) is 4. The fourth-order valence-electron chi connectivity index (χ4n) is 4.21. The van der Waals surface area contributed by atoms with Crippen molar-refractivity contribution < 1.29 is 9.53 Å². The second kappa shape index (κ2) is 9.11. The Labute approximate surface area is 192 Å². The fourth-order valence-corrected chi connectivity index (χ4v) is 4.21. The molecule has 5 rings (SSSR count). The maximum Gasteiger partial charge on any atom is 0.214 e. The van der Waals surface area contributed by atoms with Crippen molar-refractivity contribution >= 4 is 16.6 Å². The first-order chi connectivity index (χ1) is 16.1. The topological polar surface area (TPSA) is 81.9 Å². The number of hydrogen-bond acceptors (Lipinski definition) is 6. The van der Waals surface area contributed by atoms with Crippen LogP contribution in [-0.4, -0.2) is 44.5 Å². The standard InChI is InChI=1S/C26H27N5O2/c1-17-29-16-24(31(17)2)18-3-4-20-15-30-22(12-21(20)11-18)14-25(32)19-5-10-28-26(13-19)33-23-6-8-27-9-7-23/h3-5,10-13,15-16,23,27H,6-9,14H2,1-2H3. The van der Waals surface area contributed by atoms with Crippen LogP contribution in [0.3, 0.4) is 0 Å². The van der Waals surface area contributed by atoms with Gasteiger partial charge in [-0.25, -0.2) is 9.97 Å². The Balaban J connectivity index is 1.34. The molecule has 1 fully saturated rings. The highest BCUT2D eigenvalue weighted by Crippen LogP contribution is 2.25. The van der Waals surface area contributed by atoms with E-state index >= 15 is 0 Å². The van der Waals surface area contributed by atoms with E-state index in [9.17, 15) is 4.79 Å². The molecule has 1 aliphatic rings. The van der Waals surface area contributed by atoms with E-state index in [1.54, 1.807) is 18.3 Å². The Morgan fingerprint density at radius 1 is 1.06 bits per heavy atom. The number of fused-ring (bicyclic) bond motifs is 1. The number of carbonyl (C=O) groups excluding carboxylic acids is 1. The number of carbonyl (C=O) groups is 1. The van der Waals surface area contributed by atoms with Crippen molar-refractivity contribution in [3.8, 4) is 17.1 Å². The molecule has 168 valence electrons. The molecule has 0 aliphatic carbocycles. The molecule has 0 unspecified atom stereocenters. The number of aryl methyl sites for hydroxylation is 1. The van der Waals surface area contributed by atoms with Gasteiger partial charge in [-0.3, -0.25) is 9.78 Å². The van der Waals surface area contributed by atoms with Gasteiger partial charge in [0.1, 0.15) is 11.9 Å². The summed E-state index contributed by atoms with van der Waals surface area (Å²) in [4.78, 5) is 26.2. The minimum absolute atomic E-state index is 0.00201. The molecule has 3 aromatic heterocycles. The van der Waals surface area contributed by atoms with E-state index in [0.29, 0.717) is 11.4 Å². The SMILES string of the molecule is Cc1ncc(-c2ccc3cnc(CC(=O)c4ccnc(OC5CCNCC5)c4)cc3c2)n1C. The van der Waals surface area contributed by atoms with E-state index in [4.69, 9.17) is 4.74 Å². The van der Waals surface area contributed by atoms with Crippen molar-refractivity contribution in [1.29, 1.82) is 0 Å². The van der Waals surface area contributed by atoms with Crippen molar-refractivity contribution in [3.63, 3.8) is 0 Å². The second-order valence-electron chi connectivity index (χ2n) is 8.54. The van der Waals surface area contributed by atoms with Crippen molar-refractivity contribution in [3.05, 3.63) is 72.1 Å². The Hall–Kier alpha value is -3.58. The zero-order valence-electron chi connectivity index (χ0n) is 18.9. The second-order valence-corrected chi connectivity index (χ2v) is 8.54. The monoisotopic (exact) mass is 441 g/mol. The quantitative estimate of drug-likeness (QED) is 0.457. The summed E-state index contributed by atoms with van der Waals surface area (Å²) in [5, 5.41) is 5.41. The van der Waals surface area contributed by atoms with Gasteiger partial charge in [-0.1, -0.05) is 12.1 Å². The molecule has 7 heteroatoms. The number of hydrogen-bond donors (Lipinski definition) is 1. The van der Waals surface area contributed by atoms with Gasteiger partial charge >= 0.3 is 0 Å². The number of nitrogens with one attached hydrogen (secondary N) is 1. The predicted molar refractivity (Wildman–Crippen MR) is 127 cm³/mol. The van der Waals surface area contributed by atoms with E-state index in [1.807, 2.05) is 32.4 Å². The number of ether oxygens (including phenoxy) is 1. The van der Waals surface area contributed by atoms with Gasteiger partial charge < -0.3 is 14.6 Å². The Morgan fingerprint density at radius 2 is 1.91 bits per heavy atom. The van der Waals surface area contributed by atoms with Crippen LogP contribution < -0.4 is 10.1 Å². The molecule has 1 N–H and O–H groups in total. The number of piperidine rings is 1. The van der Waals surface area contributed by atoms with Crippen LogP contribution in [0.1, 0.15) is 34.7 Å². The summed E-state index contributed by atoms with van der Waals surface area (Å²) >= 11 is 0. The first-order valence-electron chi connectivity index (χ1n) is 11.3. The predicted octanol–water partition coefficient (Wildman–Crippen LogP) is 3.89. The van der Waals surface area contributed by atoms with Crippen LogP contribution in [0.15, 0.2) is 55.0 Å². The van der Waals surface area contributed by atoms with Crippen LogP contribution in [0.2, 0.25) is 0 Å². The summed E-state index contributed by atoms with van der Waals surface area (Å²) in [6.07, 6.45) is 7.61. The average Bonchev–Trinajstić information content (AvgIpc) is 3.17. The van der Waals surface area contributed by atoms with Crippen molar-refractivity contribution in [2.45, 2.75) is 32.3 Å². The van der Waals surface area contributed by atoms with Crippen molar-refractivity contribution in [2.75, 3.05) is 13.1 Å². The number of benzene rings is 1. The number of rotatable bonds is 6. The molecule has 4 heterocycles. The summed E-state index contributed by atoms with van der Waals surface area (Å²) in [7, 11) is 2.01. The Kier molecular flexibility index (Phi) is 5.88. The number of imidazole rings is 1. The molecule has 0 atom stereocenters. The third-order valence-electron chi connectivity index (χ3n) is 6.27. The van der Waals surface area contributed by atoms with Crippen molar-refractivity contribution in [2.24, 2.45) is 7.05 Å². The van der Waals surface area contributed by atoms with Gasteiger partial charge in [-0.05, 0) is 56.4 Å². The highest BCUT2D eigenvalue weighted by atomic mass is 16.5. The van der Waals surface area contributed by atoms with Crippen LogP contribution >= 0.6 is 0 Å². The number of aromatic nitrogens is 4. The summed E-state index contributed by atoms with van der Waals surface area (Å²) in [6.45, 7) is 3.87. The van der Waals surface area contributed by atoms with Crippen molar-refractivity contribution in [1.82, 2.24) is 24.8 Å². The molecule has 0 bridgehead atoms. The normalized spacial score (nSPS) is 14.5. The third-order valence-corrected chi connectivity index (χ3v) is 6.27. The van der Waals surface area contributed by atoms with E-state index in [-0.39, 0.29) is 18.3 Å². The maximum atomic E-state index is 13.0. The van der Waals surface area contributed by atoms with E-state index in [0.717, 1.165) is 59.5 Å². The van der Waals surface area contributed by atoms with Crippen LogP contribution in [0, 0.1) is 6.92 Å². The molecule has 0 spiro atoms. The molecule has 0 amide bonds. The Bertz CT molecular complexity index is 1310. The number of ketones is 1. The molecule has 0 radical (unpaired) electrons. The summed E-state index contributed by atoms with van der Waals surface area (Å²) in [5.74, 6) is 1.47. The van der Waals surface area contributed by atoms with Gasteiger partial charge in [-0.2, -0.15) is 0 Å². The molecule has 4 aromatic rings. The highest BCUT2D eigenvalue weighted by molar-refractivity contribution is 5.98. The maximum absolute atomic E-state index is 13.0. The van der Waals surface area contributed by atoms with E-state index in [2.05, 4.69) is 43.0 Å². The lowest BCUT2D eigenvalue weighted by Crippen LogP contribution is -2.34. The van der Waals surface area contributed by atoms with E-state index < -0.39 is 0 Å². The fraction of sp³-hybridized carbons (Fsp3) is 0.308. The minimum Gasteiger partial charge on any atom is -0.474 e. The summed E-state index contributed by atoms with van der Waals surface area (Å²) in [5.41, 5.74) is 3.48. The summed E-state index contributed by atoms with van der Waals surface area (Å²) in [6, 6.07) is 11.7. The first-order valence-corrected chi connectivity index (χ1v) is 11.3. The van der Waals surface area contributed by atoms with Gasteiger partial charge in [0.25, 0.3) is 0 Å². The third kappa shape index (κ3) is 4.64. The van der Waals surface area contributed by atoms with Gasteiger partial charge in [0.15, 0.2) is 5.78 Å². The van der Waals surface area contributed by atoms with Gasteiger partial charge in [-0.15, -0.1) is 0 Å². The minimum atomic E-state index is -0.00201. The van der Waals surface area contributed by atoms with E-state index in [1.165, 1.54) is 0 Å². The van der Waals surface area contributed by atoms with Gasteiger partial charge in [0, 0.05) is 47.7 Å². The van der Waals surface area contributed by atoms with Crippen LogP contribution in [0.4, 0.5) is 0 Å². The van der Waals surface area contributed by atoms with Crippen LogP contribution in [0.5, 0.6) is 5.88 Å². The largest absolute Gasteiger partial charge is 0.474 e. The van der Waals surface area contributed by atoms with Gasteiger partial charge in [0.2, 0.25) is 5.88 Å². The molecule has 1 saturated heterocycles. The Morgan fingerprint density at radius 3 is 2.70 bits per heavy atom. The van der Waals surface area contributed by atoms with Gasteiger partial charge in [0.05, 0.1) is 18.3 Å². The number of Topliss-reactive ketones (excluding diaryl/α,β-unsaturated/α-hetero) is 1. The lowest BCUT2D eigenvalue weighted by molar-refractivity contribution is 0.0990. The zero-order chi connectivity index (χ0) is 22.8. The molecule has 33 heavy (non-hydrogen) atoms. The average molecular weight is 442 g/mol. The lowest BCUT2D eigenvalue weighted by atomic mass is 10.0. The lowest BCUT2D eigenvalue weighted by Gasteiger charge is -2.23. The van der Waals surface area contributed by atoms with Crippen LogP contribution in [0.25, 0.3) is 22.0 Å². The molecular formula is C26H27N5O2. The van der Waals surface area contributed by atoms with Crippen LogP contribution in [-0.2, 0) is 13.5 Å². The highest BCUT2D eigenvalue weighted by Gasteiger charge is 2.16. The summed E-state index contributed by atoms with van der Waals surface area (Å²) < 4.78 is 8.06. The number of pyridine rings is 2. The first kappa shape index (κ1) is 21.3. The molecule has 0 saturated carbocycles. The zero-order valence-corrected chi connectivity index (χ0v) is 18.9.